The standard InChI is InChI=1S/C21H37Br/c1-2-3-16-4-7-18(8-5-16)20-11-10-19-14-17(12-13-22)6-9-21(19)15-20/h16-21H,2-15H2,1H3. The molecule has 0 nitrogen and oxygen atoms in total. The minimum atomic E-state index is 1.04. The first-order chi connectivity index (χ1) is 10.8. The Kier molecular flexibility index (Phi) is 6.72. The lowest BCUT2D eigenvalue weighted by Gasteiger charge is -2.45. The second kappa shape index (κ2) is 8.54. The zero-order chi connectivity index (χ0) is 15.4. The second-order valence-electron chi connectivity index (χ2n) is 8.82. The Bertz CT molecular complexity index is 315. The Morgan fingerprint density at radius 2 is 1.18 bits per heavy atom. The highest BCUT2D eigenvalue weighted by atomic mass is 79.9. The van der Waals surface area contributed by atoms with E-state index in [1.165, 1.54) is 31.0 Å². The highest BCUT2D eigenvalue weighted by Crippen LogP contribution is 2.49. The van der Waals surface area contributed by atoms with Crippen LogP contribution in [0, 0.1) is 35.5 Å². The van der Waals surface area contributed by atoms with Gasteiger partial charge in [-0.2, -0.15) is 0 Å². The zero-order valence-electron chi connectivity index (χ0n) is 14.7. The van der Waals surface area contributed by atoms with Crippen LogP contribution in [0.5, 0.6) is 0 Å². The van der Waals surface area contributed by atoms with Gasteiger partial charge >= 0.3 is 0 Å². The summed E-state index contributed by atoms with van der Waals surface area (Å²) in [4.78, 5) is 0. The number of hydrogen-bond donors (Lipinski definition) is 0. The first-order valence-corrected chi connectivity index (χ1v) is 11.5. The molecule has 0 heterocycles. The van der Waals surface area contributed by atoms with Crippen molar-refractivity contribution < 1.29 is 0 Å². The Balaban J connectivity index is 1.45. The molecule has 0 aromatic carbocycles. The van der Waals surface area contributed by atoms with Gasteiger partial charge in [0.1, 0.15) is 0 Å². The molecule has 128 valence electrons. The van der Waals surface area contributed by atoms with Crippen molar-refractivity contribution in [3.63, 3.8) is 0 Å². The molecule has 0 saturated heterocycles. The highest BCUT2D eigenvalue weighted by molar-refractivity contribution is 9.09. The summed E-state index contributed by atoms with van der Waals surface area (Å²) in [5.41, 5.74) is 0. The second-order valence-corrected chi connectivity index (χ2v) is 9.61. The van der Waals surface area contributed by atoms with E-state index in [-0.39, 0.29) is 0 Å². The quantitative estimate of drug-likeness (QED) is 0.449. The van der Waals surface area contributed by atoms with E-state index in [0.29, 0.717) is 0 Å². The van der Waals surface area contributed by atoms with Gasteiger partial charge in [0.05, 0.1) is 0 Å². The molecule has 4 unspecified atom stereocenters. The number of rotatable bonds is 5. The summed E-state index contributed by atoms with van der Waals surface area (Å²) in [6, 6.07) is 0. The maximum atomic E-state index is 3.65. The van der Waals surface area contributed by atoms with Crippen LogP contribution < -0.4 is 0 Å². The normalized spacial score (nSPS) is 42.8. The molecule has 0 aliphatic heterocycles. The van der Waals surface area contributed by atoms with Crippen LogP contribution in [0.1, 0.15) is 90.4 Å². The SMILES string of the molecule is CCCC1CCC(C2CCC3CC(CCBr)CCC3C2)CC1. The molecule has 0 aromatic heterocycles. The smallest absolute Gasteiger partial charge is 0.00339 e. The number of halogens is 1. The van der Waals surface area contributed by atoms with Crippen molar-refractivity contribution in [1.29, 1.82) is 0 Å². The van der Waals surface area contributed by atoms with E-state index >= 15 is 0 Å². The summed E-state index contributed by atoms with van der Waals surface area (Å²) in [6.07, 6.45) is 20.0. The number of alkyl halides is 1. The molecule has 3 fully saturated rings. The molecule has 0 bridgehead atoms. The van der Waals surface area contributed by atoms with Gasteiger partial charge in [0, 0.05) is 5.33 Å². The summed E-state index contributed by atoms with van der Waals surface area (Å²) >= 11 is 3.65. The molecule has 1 heteroatoms. The molecule has 0 amide bonds. The van der Waals surface area contributed by atoms with Gasteiger partial charge in [0.25, 0.3) is 0 Å². The molecule has 3 rings (SSSR count). The predicted octanol–water partition coefficient (Wildman–Crippen LogP) is 7.21. The van der Waals surface area contributed by atoms with Gasteiger partial charge in [-0.25, -0.2) is 0 Å². The Morgan fingerprint density at radius 1 is 0.636 bits per heavy atom. The third-order valence-corrected chi connectivity index (χ3v) is 7.99. The van der Waals surface area contributed by atoms with Crippen molar-refractivity contribution in [3.8, 4) is 0 Å². The van der Waals surface area contributed by atoms with Gasteiger partial charge in [-0.3, -0.25) is 0 Å². The lowest BCUT2D eigenvalue weighted by molar-refractivity contribution is 0.0592. The van der Waals surface area contributed by atoms with Crippen molar-refractivity contribution >= 4 is 15.9 Å². The van der Waals surface area contributed by atoms with Gasteiger partial charge in [0.15, 0.2) is 0 Å². The lowest BCUT2D eigenvalue weighted by Crippen LogP contribution is -2.34. The van der Waals surface area contributed by atoms with Gasteiger partial charge in [0.2, 0.25) is 0 Å². The van der Waals surface area contributed by atoms with E-state index in [4.69, 9.17) is 0 Å². The van der Waals surface area contributed by atoms with Crippen LogP contribution in [0.25, 0.3) is 0 Å². The first-order valence-electron chi connectivity index (χ1n) is 10.4. The van der Waals surface area contributed by atoms with Crippen LogP contribution in [0.4, 0.5) is 0 Å². The molecule has 22 heavy (non-hydrogen) atoms. The monoisotopic (exact) mass is 368 g/mol. The summed E-state index contributed by atoms with van der Waals surface area (Å²) in [7, 11) is 0. The minimum Gasteiger partial charge on any atom is -0.0928 e. The van der Waals surface area contributed by atoms with Crippen LogP contribution >= 0.6 is 15.9 Å². The van der Waals surface area contributed by atoms with Crippen LogP contribution in [0.2, 0.25) is 0 Å². The third kappa shape index (κ3) is 4.31. The van der Waals surface area contributed by atoms with Crippen LogP contribution in [-0.4, -0.2) is 5.33 Å². The predicted molar refractivity (Wildman–Crippen MR) is 100 cm³/mol. The van der Waals surface area contributed by atoms with Gasteiger partial charge in [-0.15, -0.1) is 0 Å². The van der Waals surface area contributed by atoms with Crippen molar-refractivity contribution in [2.75, 3.05) is 5.33 Å². The van der Waals surface area contributed by atoms with Gasteiger partial charge in [-0.05, 0) is 86.9 Å². The van der Waals surface area contributed by atoms with E-state index in [1.54, 1.807) is 57.8 Å². The molecule has 4 atom stereocenters. The molecule has 0 aromatic rings. The van der Waals surface area contributed by atoms with E-state index in [2.05, 4.69) is 22.9 Å². The van der Waals surface area contributed by atoms with Crippen molar-refractivity contribution in [1.82, 2.24) is 0 Å². The van der Waals surface area contributed by atoms with E-state index in [1.807, 2.05) is 0 Å². The first kappa shape index (κ1) is 17.3. The summed E-state index contributed by atoms with van der Waals surface area (Å²) < 4.78 is 0. The molecular weight excluding hydrogens is 332 g/mol. The average Bonchev–Trinajstić information content (AvgIpc) is 2.56. The fourth-order valence-corrected chi connectivity index (χ4v) is 6.87. The molecule has 3 aliphatic carbocycles. The Labute approximate surface area is 147 Å². The van der Waals surface area contributed by atoms with Gasteiger partial charge in [-0.1, -0.05) is 55.0 Å². The minimum absolute atomic E-state index is 1.04. The molecule has 0 radical (unpaired) electrons. The molecule has 0 N–H and O–H groups in total. The van der Waals surface area contributed by atoms with E-state index in [9.17, 15) is 0 Å². The zero-order valence-corrected chi connectivity index (χ0v) is 16.3. The van der Waals surface area contributed by atoms with Crippen molar-refractivity contribution in [2.45, 2.75) is 90.4 Å². The summed E-state index contributed by atoms with van der Waals surface area (Å²) in [6.45, 7) is 2.36. The lowest BCUT2D eigenvalue weighted by atomic mass is 9.60. The summed E-state index contributed by atoms with van der Waals surface area (Å²) in [5, 5.41) is 1.22. The highest BCUT2D eigenvalue weighted by Gasteiger charge is 2.38. The Hall–Kier alpha value is 0.480. The third-order valence-electron chi connectivity index (χ3n) is 7.53. The summed E-state index contributed by atoms with van der Waals surface area (Å²) in [5.74, 6) is 6.55. The van der Waals surface area contributed by atoms with E-state index in [0.717, 1.165) is 35.5 Å². The van der Waals surface area contributed by atoms with E-state index < -0.39 is 0 Å². The van der Waals surface area contributed by atoms with Crippen LogP contribution in [-0.2, 0) is 0 Å². The fraction of sp³-hybridized carbons (Fsp3) is 1.00. The molecular formula is C21H37Br. The fourth-order valence-electron chi connectivity index (χ4n) is 6.22. The Morgan fingerprint density at radius 3 is 1.86 bits per heavy atom. The van der Waals surface area contributed by atoms with Crippen LogP contribution in [0.15, 0.2) is 0 Å². The maximum Gasteiger partial charge on any atom is 0.00339 e. The molecule has 3 aliphatic rings. The average molecular weight is 369 g/mol. The molecule has 3 saturated carbocycles. The number of fused-ring (bicyclic) bond motifs is 1. The largest absolute Gasteiger partial charge is 0.0928 e. The van der Waals surface area contributed by atoms with Crippen molar-refractivity contribution in [2.24, 2.45) is 35.5 Å². The van der Waals surface area contributed by atoms with Crippen molar-refractivity contribution in [3.05, 3.63) is 0 Å². The maximum absolute atomic E-state index is 3.65. The topological polar surface area (TPSA) is 0 Å². The van der Waals surface area contributed by atoms with Gasteiger partial charge < -0.3 is 0 Å². The van der Waals surface area contributed by atoms with Crippen LogP contribution in [0.3, 0.4) is 0 Å². The number of hydrogen-bond acceptors (Lipinski definition) is 0. The molecule has 0 spiro atoms.